The molecule has 29 heavy (non-hydrogen) atoms. The molecule has 0 saturated carbocycles. The van der Waals surface area contributed by atoms with E-state index in [2.05, 4.69) is 0 Å². The molecule has 6 heteroatoms. The number of ether oxygens (including phenoxy) is 2. The number of benzene rings is 1. The SMILES string of the molecule is O=C(c1ccccc1OCC1CCCN(C(=O)C2CCOCC2)C1)N1CCCC1. The van der Waals surface area contributed by atoms with E-state index < -0.39 is 0 Å². The van der Waals surface area contributed by atoms with Gasteiger partial charge in [-0.15, -0.1) is 0 Å². The highest BCUT2D eigenvalue weighted by molar-refractivity contribution is 5.97. The van der Waals surface area contributed by atoms with E-state index >= 15 is 0 Å². The molecular formula is C23H32N2O4. The molecule has 0 radical (unpaired) electrons. The average Bonchev–Trinajstić information content (AvgIpc) is 3.33. The smallest absolute Gasteiger partial charge is 0.257 e. The van der Waals surface area contributed by atoms with Crippen LogP contribution >= 0.6 is 0 Å². The molecule has 3 fully saturated rings. The third kappa shape index (κ3) is 4.92. The van der Waals surface area contributed by atoms with E-state index in [1.165, 1.54) is 0 Å². The van der Waals surface area contributed by atoms with Gasteiger partial charge in [-0.05, 0) is 50.7 Å². The quantitative estimate of drug-likeness (QED) is 0.763. The summed E-state index contributed by atoms with van der Waals surface area (Å²) in [5.74, 6) is 1.43. The Balaban J connectivity index is 1.34. The minimum absolute atomic E-state index is 0.0677. The van der Waals surface area contributed by atoms with Crippen molar-refractivity contribution in [2.75, 3.05) is 46.0 Å². The molecular weight excluding hydrogens is 368 g/mol. The topological polar surface area (TPSA) is 59.1 Å². The Hall–Kier alpha value is -2.08. The van der Waals surface area contributed by atoms with Crippen LogP contribution in [0.5, 0.6) is 5.75 Å². The number of hydrogen-bond acceptors (Lipinski definition) is 4. The van der Waals surface area contributed by atoms with Gasteiger partial charge in [0.25, 0.3) is 5.91 Å². The zero-order valence-electron chi connectivity index (χ0n) is 17.2. The van der Waals surface area contributed by atoms with Crippen LogP contribution in [-0.2, 0) is 9.53 Å². The third-order valence-corrected chi connectivity index (χ3v) is 6.39. The van der Waals surface area contributed by atoms with E-state index in [0.29, 0.717) is 37.1 Å². The number of rotatable bonds is 5. The average molecular weight is 401 g/mol. The van der Waals surface area contributed by atoms with E-state index in [4.69, 9.17) is 9.47 Å². The number of likely N-dealkylation sites (tertiary alicyclic amines) is 2. The Bertz CT molecular complexity index is 711. The molecule has 1 aromatic rings. The van der Waals surface area contributed by atoms with Gasteiger partial charge in [0.1, 0.15) is 5.75 Å². The Kier molecular flexibility index (Phi) is 6.70. The van der Waals surface area contributed by atoms with Gasteiger partial charge in [0.05, 0.1) is 12.2 Å². The van der Waals surface area contributed by atoms with Gasteiger partial charge >= 0.3 is 0 Å². The summed E-state index contributed by atoms with van der Waals surface area (Å²) in [7, 11) is 0. The maximum Gasteiger partial charge on any atom is 0.257 e. The Morgan fingerprint density at radius 2 is 1.69 bits per heavy atom. The lowest BCUT2D eigenvalue weighted by Gasteiger charge is -2.35. The van der Waals surface area contributed by atoms with Crippen molar-refractivity contribution in [3.63, 3.8) is 0 Å². The molecule has 4 rings (SSSR count). The van der Waals surface area contributed by atoms with Crippen molar-refractivity contribution < 1.29 is 19.1 Å². The van der Waals surface area contributed by atoms with Crippen LogP contribution in [-0.4, -0.2) is 67.6 Å². The number of piperidine rings is 1. The molecule has 2 amide bonds. The normalized spacial score (nSPS) is 23.2. The number of nitrogens with zero attached hydrogens (tertiary/aromatic N) is 2. The van der Waals surface area contributed by atoms with Crippen LogP contribution in [0.15, 0.2) is 24.3 Å². The second-order valence-electron chi connectivity index (χ2n) is 8.49. The van der Waals surface area contributed by atoms with Crippen molar-refractivity contribution in [3.05, 3.63) is 29.8 Å². The fraction of sp³-hybridized carbons (Fsp3) is 0.652. The van der Waals surface area contributed by atoms with Crippen LogP contribution in [0.25, 0.3) is 0 Å². The third-order valence-electron chi connectivity index (χ3n) is 6.39. The molecule has 6 nitrogen and oxygen atoms in total. The maximum absolute atomic E-state index is 12.8. The fourth-order valence-corrected chi connectivity index (χ4v) is 4.67. The van der Waals surface area contributed by atoms with Gasteiger partial charge in [0, 0.05) is 51.2 Å². The summed E-state index contributed by atoms with van der Waals surface area (Å²) in [5.41, 5.74) is 0.653. The van der Waals surface area contributed by atoms with Crippen molar-refractivity contribution in [2.24, 2.45) is 11.8 Å². The number of para-hydroxylation sites is 1. The van der Waals surface area contributed by atoms with Crippen molar-refractivity contribution >= 4 is 11.8 Å². The Morgan fingerprint density at radius 3 is 2.48 bits per heavy atom. The van der Waals surface area contributed by atoms with Gasteiger partial charge in [-0.2, -0.15) is 0 Å². The number of amides is 2. The first-order chi connectivity index (χ1) is 14.2. The first kappa shape index (κ1) is 20.2. The number of carbonyl (C=O) groups is 2. The molecule has 1 aromatic carbocycles. The lowest BCUT2D eigenvalue weighted by Crippen LogP contribution is -2.45. The predicted octanol–water partition coefficient (Wildman–Crippen LogP) is 2.97. The zero-order chi connectivity index (χ0) is 20.1. The Morgan fingerprint density at radius 1 is 0.966 bits per heavy atom. The second kappa shape index (κ2) is 9.61. The van der Waals surface area contributed by atoms with Gasteiger partial charge in [0.15, 0.2) is 0 Å². The molecule has 0 aliphatic carbocycles. The van der Waals surface area contributed by atoms with Gasteiger partial charge < -0.3 is 19.3 Å². The summed E-state index contributed by atoms with van der Waals surface area (Å²) in [6.07, 6.45) is 5.89. The molecule has 0 N–H and O–H groups in total. The summed E-state index contributed by atoms with van der Waals surface area (Å²) in [6, 6.07) is 7.55. The van der Waals surface area contributed by atoms with Crippen LogP contribution in [0.2, 0.25) is 0 Å². The molecule has 0 bridgehead atoms. The van der Waals surface area contributed by atoms with E-state index in [1.54, 1.807) is 0 Å². The lowest BCUT2D eigenvalue weighted by atomic mass is 9.94. The van der Waals surface area contributed by atoms with Crippen molar-refractivity contribution in [2.45, 2.75) is 38.5 Å². The maximum atomic E-state index is 12.8. The molecule has 1 unspecified atom stereocenters. The van der Waals surface area contributed by atoms with E-state index in [0.717, 1.165) is 64.7 Å². The number of hydrogen-bond donors (Lipinski definition) is 0. The zero-order valence-corrected chi connectivity index (χ0v) is 17.2. The number of carbonyl (C=O) groups excluding carboxylic acids is 2. The molecule has 158 valence electrons. The van der Waals surface area contributed by atoms with Crippen molar-refractivity contribution in [1.29, 1.82) is 0 Å². The van der Waals surface area contributed by atoms with E-state index in [1.807, 2.05) is 34.1 Å². The van der Waals surface area contributed by atoms with E-state index in [-0.39, 0.29) is 17.7 Å². The van der Waals surface area contributed by atoms with Gasteiger partial charge in [-0.3, -0.25) is 9.59 Å². The first-order valence-electron chi connectivity index (χ1n) is 11.1. The Labute approximate surface area is 173 Å². The molecule has 3 saturated heterocycles. The standard InChI is InChI=1S/C23H32N2O4/c26-22(19-9-14-28-15-10-19)25-13-5-6-18(16-25)17-29-21-8-2-1-7-20(21)23(27)24-11-3-4-12-24/h1-2,7-8,18-19H,3-6,9-17H2. The molecule has 3 heterocycles. The van der Waals surface area contributed by atoms with Gasteiger partial charge in [-0.25, -0.2) is 0 Å². The molecule has 1 atom stereocenters. The van der Waals surface area contributed by atoms with Crippen molar-refractivity contribution in [3.8, 4) is 5.75 Å². The lowest BCUT2D eigenvalue weighted by molar-refractivity contribution is -0.140. The van der Waals surface area contributed by atoms with Crippen molar-refractivity contribution in [1.82, 2.24) is 9.80 Å². The van der Waals surface area contributed by atoms with Crippen LogP contribution < -0.4 is 4.74 Å². The summed E-state index contributed by atoms with van der Waals surface area (Å²) in [5, 5.41) is 0. The summed E-state index contributed by atoms with van der Waals surface area (Å²) in [4.78, 5) is 29.6. The monoisotopic (exact) mass is 400 g/mol. The fourth-order valence-electron chi connectivity index (χ4n) is 4.67. The van der Waals surface area contributed by atoms with Crippen LogP contribution in [0.1, 0.15) is 48.9 Å². The summed E-state index contributed by atoms with van der Waals surface area (Å²) >= 11 is 0. The summed E-state index contributed by atoms with van der Waals surface area (Å²) < 4.78 is 11.5. The van der Waals surface area contributed by atoms with Crippen LogP contribution in [0.3, 0.4) is 0 Å². The highest BCUT2D eigenvalue weighted by Crippen LogP contribution is 2.26. The molecule has 0 spiro atoms. The van der Waals surface area contributed by atoms with Crippen LogP contribution in [0, 0.1) is 11.8 Å². The molecule has 3 aliphatic rings. The molecule has 3 aliphatic heterocycles. The summed E-state index contributed by atoms with van der Waals surface area (Å²) in [6.45, 7) is 5.19. The van der Waals surface area contributed by atoms with E-state index in [9.17, 15) is 9.59 Å². The highest BCUT2D eigenvalue weighted by atomic mass is 16.5. The first-order valence-corrected chi connectivity index (χ1v) is 11.1. The second-order valence-corrected chi connectivity index (χ2v) is 8.49. The minimum Gasteiger partial charge on any atom is -0.492 e. The van der Waals surface area contributed by atoms with Gasteiger partial charge in [0.2, 0.25) is 5.91 Å². The predicted molar refractivity (Wildman–Crippen MR) is 110 cm³/mol. The van der Waals surface area contributed by atoms with Gasteiger partial charge in [-0.1, -0.05) is 12.1 Å². The highest BCUT2D eigenvalue weighted by Gasteiger charge is 2.30. The minimum atomic E-state index is 0.0677. The molecule has 0 aromatic heterocycles. The largest absolute Gasteiger partial charge is 0.492 e. The van der Waals surface area contributed by atoms with Crippen LogP contribution in [0.4, 0.5) is 0 Å².